The molecule has 0 radical (unpaired) electrons. The van der Waals surface area contributed by atoms with Crippen LogP contribution in [0.1, 0.15) is 37.1 Å². The Labute approximate surface area is 129 Å². The summed E-state index contributed by atoms with van der Waals surface area (Å²) in [6.45, 7) is 4.08. The van der Waals surface area contributed by atoms with Gasteiger partial charge in [-0.05, 0) is 43.2 Å². The molecule has 1 unspecified atom stereocenters. The Morgan fingerprint density at radius 1 is 1.10 bits per heavy atom. The van der Waals surface area contributed by atoms with E-state index >= 15 is 0 Å². The Morgan fingerprint density at radius 2 is 1.81 bits per heavy atom. The molecule has 0 aliphatic heterocycles. The summed E-state index contributed by atoms with van der Waals surface area (Å²) in [6, 6.07) is 12.8. The normalized spacial score (nSPS) is 13.8. The van der Waals surface area contributed by atoms with Gasteiger partial charge in [-0.2, -0.15) is 0 Å². The molecule has 2 aromatic carbocycles. The van der Waals surface area contributed by atoms with Crippen LogP contribution in [0.25, 0.3) is 0 Å². The molecule has 0 bridgehead atoms. The van der Waals surface area contributed by atoms with Gasteiger partial charge in [0.05, 0.1) is 7.11 Å². The van der Waals surface area contributed by atoms with Crippen LogP contribution in [-0.2, 0) is 0 Å². The zero-order valence-electron chi connectivity index (χ0n) is 12.4. The third-order valence-corrected chi connectivity index (χ3v) is 3.89. The highest BCUT2D eigenvalue weighted by atomic mass is 35.5. The van der Waals surface area contributed by atoms with Gasteiger partial charge in [0.1, 0.15) is 0 Å². The molecule has 0 fully saturated rings. The molecule has 2 rings (SSSR count). The Bertz CT molecular complexity index is 617. The topological polar surface area (TPSA) is 21.3 Å². The molecular formula is C17H19ClFNO. The quantitative estimate of drug-likeness (QED) is 0.848. The fourth-order valence-corrected chi connectivity index (χ4v) is 2.63. The highest BCUT2D eigenvalue weighted by molar-refractivity contribution is 6.31. The lowest BCUT2D eigenvalue weighted by molar-refractivity contribution is 0.384. The van der Waals surface area contributed by atoms with Crippen LogP contribution in [0, 0.1) is 5.82 Å². The summed E-state index contributed by atoms with van der Waals surface area (Å²) in [5.41, 5.74) is 2.01. The third kappa shape index (κ3) is 3.74. The predicted octanol–water partition coefficient (Wildman–Crippen LogP) is 4.90. The first-order valence-corrected chi connectivity index (χ1v) is 7.24. The summed E-state index contributed by atoms with van der Waals surface area (Å²) in [5, 5.41) is 4.20. The summed E-state index contributed by atoms with van der Waals surface area (Å²) in [5.74, 6) is -0.0980. The lowest BCUT2D eigenvalue weighted by atomic mass is 10.0. The molecule has 0 aliphatic carbocycles. The number of hydrogen-bond acceptors (Lipinski definition) is 2. The molecule has 4 heteroatoms. The average Bonchev–Trinajstić information content (AvgIpc) is 2.48. The van der Waals surface area contributed by atoms with Gasteiger partial charge in [0.2, 0.25) is 0 Å². The first kappa shape index (κ1) is 15.8. The van der Waals surface area contributed by atoms with E-state index in [4.69, 9.17) is 16.3 Å². The Balaban J connectivity index is 2.14. The second-order valence-corrected chi connectivity index (χ2v) is 5.43. The highest BCUT2D eigenvalue weighted by Crippen LogP contribution is 2.27. The molecule has 2 aromatic rings. The summed E-state index contributed by atoms with van der Waals surface area (Å²) >= 11 is 6.21. The van der Waals surface area contributed by atoms with Crippen molar-refractivity contribution in [1.82, 2.24) is 5.32 Å². The summed E-state index contributed by atoms with van der Waals surface area (Å²) < 4.78 is 18.5. The molecule has 0 heterocycles. The van der Waals surface area contributed by atoms with Gasteiger partial charge >= 0.3 is 0 Å². The van der Waals surface area contributed by atoms with Gasteiger partial charge in [-0.25, -0.2) is 4.39 Å². The number of benzene rings is 2. The lowest BCUT2D eigenvalue weighted by Gasteiger charge is -2.22. The molecule has 21 heavy (non-hydrogen) atoms. The molecular weight excluding hydrogens is 289 g/mol. The Kier molecular flexibility index (Phi) is 5.21. The van der Waals surface area contributed by atoms with Gasteiger partial charge in [0, 0.05) is 17.1 Å². The van der Waals surface area contributed by atoms with Crippen molar-refractivity contribution in [1.29, 1.82) is 0 Å². The van der Waals surface area contributed by atoms with Crippen molar-refractivity contribution in [2.45, 2.75) is 25.9 Å². The number of nitrogens with one attached hydrogen (secondary N) is 1. The van der Waals surface area contributed by atoms with E-state index in [9.17, 15) is 4.39 Å². The maximum atomic E-state index is 13.5. The van der Waals surface area contributed by atoms with Gasteiger partial charge in [-0.1, -0.05) is 35.9 Å². The standard InChI is InChI=1S/C17H19ClFNO/c1-11(13-8-9-16(19)17(10-13)21-3)20-12(2)14-6-4-5-7-15(14)18/h4-12,20H,1-3H3/t11?,12-/m1/s1. The van der Waals surface area contributed by atoms with Gasteiger partial charge in [0.15, 0.2) is 11.6 Å². The number of hydrogen-bond donors (Lipinski definition) is 1. The van der Waals surface area contributed by atoms with Crippen LogP contribution in [0.3, 0.4) is 0 Å². The number of halogens is 2. The Morgan fingerprint density at radius 3 is 2.48 bits per heavy atom. The monoisotopic (exact) mass is 307 g/mol. The first-order valence-electron chi connectivity index (χ1n) is 6.87. The minimum absolute atomic E-state index is 0.0470. The minimum Gasteiger partial charge on any atom is -0.494 e. The molecule has 1 N–H and O–H groups in total. The molecule has 0 amide bonds. The average molecular weight is 308 g/mol. The zero-order chi connectivity index (χ0) is 15.4. The van der Waals surface area contributed by atoms with Gasteiger partial charge in [-0.15, -0.1) is 0 Å². The highest BCUT2D eigenvalue weighted by Gasteiger charge is 2.14. The second kappa shape index (κ2) is 6.92. The molecule has 2 atom stereocenters. The van der Waals surface area contributed by atoms with Gasteiger partial charge in [0.25, 0.3) is 0 Å². The SMILES string of the molecule is COc1cc(C(C)N[C@H](C)c2ccccc2Cl)ccc1F. The van der Waals surface area contributed by atoms with Crippen molar-refractivity contribution in [2.24, 2.45) is 0 Å². The molecule has 0 saturated carbocycles. The van der Waals surface area contributed by atoms with Gasteiger partial charge in [-0.3, -0.25) is 0 Å². The van der Waals surface area contributed by atoms with Crippen molar-refractivity contribution in [2.75, 3.05) is 7.11 Å². The van der Waals surface area contributed by atoms with Crippen LogP contribution >= 0.6 is 11.6 Å². The molecule has 2 nitrogen and oxygen atoms in total. The van der Waals surface area contributed by atoms with Crippen molar-refractivity contribution < 1.29 is 9.13 Å². The number of methoxy groups -OCH3 is 1. The van der Waals surface area contributed by atoms with Crippen LogP contribution in [0.2, 0.25) is 5.02 Å². The summed E-state index contributed by atoms with van der Waals surface area (Å²) in [4.78, 5) is 0. The van der Waals surface area contributed by atoms with E-state index in [1.165, 1.54) is 13.2 Å². The number of rotatable bonds is 5. The molecule has 0 saturated heterocycles. The summed E-state index contributed by atoms with van der Waals surface area (Å²) in [7, 11) is 1.46. The van der Waals surface area contributed by atoms with E-state index in [0.29, 0.717) is 0 Å². The van der Waals surface area contributed by atoms with E-state index in [2.05, 4.69) is 12.2 Å². The van der Waals surface area contributed by atoms with Crippen molar-refractivity contribution in [3.8, 4) is 5.75 Å². The van der Waals surface area contributed by atoms with E-state index in [-0.39, 0.29) is 23.7 Å². The maximum Gasteiger partial charge on any atom is 0.165 e. The zero-order valence-corrected chi connectivity index (χ0v) is 13.1. The Hall–Kier alpha value is -1.58. The fourth-order valence-electron chi connectivity index (χ4n) is 2.33. The van der Waals surface area contributed by atoms with Crippen LogP contribution in [-0.4, -0.2) is 7.11 Å². The first-order chi connectivity index (χ1) is 10.0. The minimum atomic E-state index is -0.354. The fraction of sp³-hybridized carbons (Fsp3) is 0.294. The lowest BCUT2D eigenvalue weighted by Crippen LogP contribution is -2.22. The molecule has 0 spiro atoms. The van der Waals surface area contributed by atoms with Gasteiger partial charge < -0.3 is 10.1 Å². The van der Waals surface area contributed by atoms with Crippen LogP contribution in [0.15, 0.2) is 42.5 Å². The molecule has 0 aliphatic rings. The third-order valence-electron chi connectivity index (χ3n) is 3.55. The second-order valence-electron chi connectivity index (χ2n) is 5.03. The van der Waals surface area contributed by atoms with Crippen LogP contribution < -0.4 is 10.1 Å². The number of ether oxygens (including phenoxy) is 1. The van der Waals surface area contributed by atoms with Crippen molar-refractivity contribution >= 4 is 11.6 Å². The van der Waals surface area contributed by atoms with Crippen molar-refractivity contribution in [3.63, 3.8) is 0 Å². The van der Waals surface area contributed by atoms with Crippen molar-refractivity contribution in [3.05, 3.63) is 64.4 Å². The summed E-state index contributed by atoms with van der Waals surface area (Å²) in [6.07, 6.45) is 0. The largest absolute Gasteiger partial charge is 0.494 e. The van der Waals surface area contributed by atoms with E-state index in [1.54, 1.807) is 12.1 Å². The smallest absolute Gasteiger partial charge is 0.165 e. The van der Waals surface area contributed by atoms with E-state index < -0.39 is 0 Å². The van der Waals surface area contributed by atoms with E-state index in [1.807, 2.05) is 31.2 Å². The molecule has 112 valence electrons. The van der Waals surface area contributed by atoms with E-state index in [0.717, 1.165) is 16.1 Å². The maximum absolute atomic E-state index is 13.5. The predicted molar refractivity (Wildman–Crippen MR) is 84.4 cm³/mol. The molecule has 0 aromatic heterocycles. The van der Waals surface area contributed by atoms with Crippen LogP contribution in [0.4, 0.5) is 4.39 Å². The van der Waals surface area contributed by atoms with Crippen LogP contribution in [0.5, 0.6) is 5.75 Å².